The second-order valence-corrected chi connectivity index (χ2v) is 8.42. The number of carbonyl (C=O) groups is 3. The van der Waals surface area contributed by atoms with Crippen LogP contribution in [0.2, 0.25) is 0 Å². The summed E-state index contributed by atoms with van der Waals surface area (Å²) < 4.78 is 5.36. The Balaban J connectivity index is 3.07. The monoisotopic (exact) mass is 424 g/mol. The third kappa shape index (κ3) is 7.46. The average molecular weight is 425 g/mol. The van der Waals surface area contributed by atoms with Crippen molar-refractivity contribution in [2.24, 2.45) is 0 Å². The first-order chi connectivity index (χ1) is 13.8. The minimum atomic E-state index is -0.509. The molecule has 0 atom stereocenters. The van der Waals surface area contributed by atoms with Gasteiger partial charge in [-0.25, -0.2) is 4.79 Å². The molecule has 1 rings (SSSR count). The number of unbranched alkanes of at least 4 members (excludes halogenated alkanes) is 4. The number of nitrogens with zero attached hydrogens (tertiary/aromatic N) is 1. The molecule has 0 bridgehead atoms. The Morgan fingerprint density at radius 3 is 2.21 bits per heavy atom. The van der Waals surface area contributed by atoms with Crippen LogP contribution in [0.1, 0.15) is 98.7 Å². The fourth-order valence-corrected chi connectivity index (χ4v) is 4.24. The molecule has 164 valence electrons. The summed E-state index contributed by atoms with van der Waals surface area (Å²) in [5.74, 6) is -0.773. The Labute approximate surface area is 179 Å². The molecule has 0 aliphatic carbocycles. The number of esters is 1. The van der Waals surface area contributed by atoms with Crippen LogP contribution in [0.4, 0.5) is 5.00 Å². The smallest absolute Gasteiger partial charge is 0.341 e. The van der Waals surface area contributed by atoms with Gasteiger partial charge in [-0.2, -0.15) is 0 Å². The predicted molar refractivity (Wildman–Crippen MR) is 119 cm³/mol. The largest absolute Gasteiger partial charge is 0.459 e. The predicted octanol–water partition coefficient (Wildman–Crippen LogP) is 5.40. The van der Waals surface area contributed by atoms with Crippen LogP contribution in [0, 0.1) is 6.92 Å². The molecule has 0 unspecified atom stereocenters. The highest BCUT2D eigenvalue weighted by Gasteiger charge is 2.28. The minimum absolute atomic E-state index is 0.129. The van der Waals surface area contributed by atoms with Crippen molar-refractivity contribution in [3.63, 3.8) is 0 Å². The van der Waals surface area contributed by atoms with Gasteiger partial charge >= 0.3 is 5.97 Å². The van der Waals surface area contributed by atoms with Gasteiger partial charge in [0.15, 0.2) is 0 Å². The maximum Gasteiger partial charge on any atom is 0.341 e. The summed E-state index contributed by atoms with van der Waals surface area (Å²) in [6, 6.07) is 0. The van der Waals surface area contributed by atoms with Crippen LogP contribution in [0.15, 0.2) is 0 Å². The van der Waals surface area contributed by atoms with E-state index in [1.807, 2.05) is 13.8 Å². The molecule has 7 heteroatoms. The zero-order chi connectivity index (χ0) is 22.0. The van der Waals surface area contributed by atoms with E-state index in [1.54, 1.807) is 25.7 Å². The molecule has 0 aromatic carbocycles. The Morgan fingerprint density at radius 1 is 1.03 bits per heavy atom. The van der Waals surface area contributed by atoms with Crippen LogP contribution in [0.3, 0.4) is 0 Å². The lowest BCUT2D eigenvalue weighted by atomic mass is 10.1. The fourth-order valence-electron chi connectivity index (χ4n) is 3.06. The molecule has 0 aliphatic heterocycles. The summed E-state index contributed by atoms with van der Waals surface area (Å²) in [5.41, 5.74) is 0.856. The Kier molecular flexibility index (Phi) is 10.9. The summed E-state index contributed by atoms with van der Waals surface area (Å²) >= 11 is 1.16. The molecule has 0 radical (unpaired) electrons. The van der Waals surface area contributed by atoms with E-state index in [0.717, 1.165) is 37.0 Å². The van der Waals surface area contributed by atoms with Gasteiger partial charge in [0.25, 0.3) is 5.91 Å². The first-order valence-corrected chi connectivity index (χ1v) is 11.5. The minimum Gasteiger partial charge on any atom is -0.459 e. The lowest BCUT2D eigenvalue weighted by Gasteiger charge is -2.18. The molecule has 0 saturated heterocycles. The Morgan fingerprint density at radius 2 is 1.66 bits per heavy atom. The van der Waals surface area contributed by atoms with Crippen LogP contribution < -0.4 is 5.32 Å². The van der Waals surface area contributed by atoms with Crippen molar-refractivity contribution in [1.29, 1.82) is 0 Å². The van der Waals surface area contributed by atoms with Crippen molar-refractivity contribution >= 4 is 34.1 Å². The first-order valence-electron chi connectivity index (χ1n) is 10.7. The summed E-state index contributed by atoms with van der Waals surface area (Å²) in [7, 11) is 0. The van der Waals surface area contributed by atoms with Crippen molar-refractivity contribution in [2.75, 3.05) is 18.4 Å². The third-order valence-electron chi connectivity index (χ3n) is 4.70. The number of hydrogen-bond acceptors (Lipinski definition) is 5. The lowest BCUT2D eigenvalue weighted by molar-refractivity contribution is -0.116. The quantitative estimate of drug-likeness (QED) is 0.360. The van der Waals surface area contributed by atoms with Gasteiger partial charge in [-0.3, -0.25) is 9.59 Å². The van der Waals surface area contributed by atoms with E-state index in [9.17, 15) is 14.4 Å². The van der Waals surface area contributed by atoms with Crippen LogP contribution in [0.25, 0.3) is 0 Å². The number of thiophene rings is 1. The number of ether oxygens (including phenoxy) is 1. The molecular weight excluding hydrogens is 388 g/mol. The molecule has 2 amide bonds. The highest BCUT2D eigenvalue weighted by atomic mass is 32.1. The molecule has 0 fully saturated rings. The number of hydrogen-bond donors (Lipinski definition) is 1. The van der Waals surface area contributed by atoms with E-state index in [1.165, 1.54) is 6.42 Å². The average Bonchev–Trinajstić information content (AvgIpc) is 2.97. The van der Waals surface area contributed by atoms with Crippen LogP contribution in [-0.4, -0.2) is 41.9 Å². The summed E-state index contributed by atoms with van der Waals surface area (Å²) in [4.78, 5) is 40.1. The summed E-state index contributed by atoms with van der Waals surface area (Å²) in [6.07, 6.45) is 5.39. The fraction of sp³-hybridized carbons (Fsp3) is 0.682. The molecule has 6 nitrogen and oxygen atoms in total. The van der Waals surface area contributed by atoms with Crippen molar-refractivity contribution in [3.8, 4) is 0 Å². The van der Waals surface area contributed by atoms with Gasteiger partial charge in [-0.1, -0.05) is 32.6 Å². The molecule has 29 heavy (non-hydrogen) atoms. The maximum absolute atomic E-state index is 12.9. The molecule has 1 heterocycles. The maximum atomic E-state index is 12.9. The highest BCUT2D eigenvalue weighted by Crippen LogP contribution is 2.35. The first kappa shape index (κ1) is 25.1. The van der Waals surface area contributed by atoms with Gasteiger partial charge in [0, 0.05) is 19.5 Å². The number of rotatable bonds is 12. The zero-order valence-electron chi connectivity index (χ0n) is 18.7. The van der Waals surface area contributed by atoms with Crippen LogP contribution >= 0.6 is 11.3 Å². The lowest BCUT2D eigenvalue weighted by Crippen LogP contribution is -2.30. The van der Waals surface area contributed by atoms with Gasteiger partial charge in [0.2, 0.25) is 5.91 Å². The van der Waals surface area contributed by atoms with E-state index in [4.69, 9.17) is 4.74 Å². The number of anilines is 1. The standard InChI is InChI=1S/C22H36N2O4S/c1-7-10-11-12-13-14-17(25)23-20-18(22(27)28-15(4)5)16(6)19(29-20)21(26)24(8-2)9-3/h15H,7-14H2,1-6H3,(H,23,25). The van der Waals surface area contributed by atoms with Crippen molar-refractivity contribution in [1.82, 2.24) is 4.90 Å². The van der Waals surface area contributed by atoms with Crippen LogP contribution in [0.5, 0.6) is 0 Å². The van der Waals surface area contributed by atoms with Gasteiger partial charge in [-0.05, 0) is 46.6 Å². The molecule has 1 aromatic rings. The van der Waals surface area contributed by atoms with Crippen molar-refractivity contribution in [2.45, 2.75) is 86.2 Å². The summed E-state index contributed by atoms with van der Waals surface area (Å²) in [5, 5.41) is 3.26. The SMILES string of the molecule is CCCCCCCC(=O)Nc1sc(C(=O)N(CC)CC)c(C)c1C(=O)OC(C)C. The van der Waals surface area contributed by atoms with Crippen molar-refractivity contribution in [3.05, 3.63) is 16.0 Å². The summed E-state index contributed by atoms with van der Waals surface area (Å²) in [6.45, 7) is 12.4. The molecule has 1 N–H and O–H groups in total. The molecule has 0 saturated carbocycles. The van der Waals surface area contributed by atoms with E-state index >= 15 is 0 Å². The third-order valence-corrected chi connectivity index (χ3v) is 5.89. The number of nitrogens with one attached hydrogen (secondary N) is 1. The Bertz CT molecular complexity index is 693. The zero-order valence-corrected chi connectivity index (χ0v) is 19.5. The molecule has 1 aromatic heterocycles. The van der Waals surface area contributed by atoms with E-state index < -0.39 is 5.97 Å². The normalized spacial score (nSPS) is 10.9. The highest BCUT2D eigenvalue weighted by molar-refractivity contribution is 7.18. The Hall–Kier alpha value is -1.89. The van der Waals surface area contributed by atoms with E-state index in [2.05, 4.69) is 12.2 Å². The molecular formula is C22H36N2O4S. The number of carbonyl (C=O) groups excluding carboxylic acids is 3. The van der Waals surface area contributed by atoms with Gasteiger partial charge in [-0.15, -0.1) is 11.3 Å². The van der Waals surface area contributed by atoms with E-state index in [0.29, 0.717) is 40.5 Å². The second-order valence-electron chi connectivity index (χ2n) is 7.40. The van der Waals surface area contributed by atoms with Gasteiger partial charge < -0.3 is 15.0 Å². The topological polar surface area (TPSA) is 75.7 Å². The number of amides is 2. The molecule has 0 spiro atoms. The van der Waals surface area contributed by atoms with E-state index in [-0.39, 0.29) is 17.9 Å². The second kappa shape index (κ2) is 12.6. The van der Waals surface area contributed by atoms with Gasteiger partial charge in [0.05, 0.1) is 16.5 Å². The van der Waals surface area contributed by atoms with Crippen LogP contribution in [-0.2, 0) is 9.53 Å². The molecule has 0 aliphatic rings. The van der Waals surface area contributed by atoms with Crippen molar-refractivity contribution < 1.29 is 19.1 Å². The van der Waals surface area contributed by atoms with Gasteiger partial charge in [0.1, 0.15) is 5.00 Å².